The fourth-order valence-corrected chi connectivity index (χ4v) is 6.07. The lowest BCUT2D eigenvalue weighted by atomic mass is 9.80. The number of esters is 1. The van der Waals surface area contributed by atoms with Gasteiger partial charge in [-0.3, -0.25) is 0 Å². The molecule has 2 N–H and O–H groups in total. The van der Waals surface area contributed by atoms with Crippen LogP contribution in [0.4, 0.5) is 0 Å². The van der Waals surface area contributed by atoms with Crippen molar-refractivity contribution in [2.75, 3.05) is 0 Å². The molecule has 3 aromatic rings. The Hall–Kier alpha value is -2.51. The van der Waals surface area contributed by atoms with Crippen LogP contribution in [-0.4, -0.2) is 26.8 Å². The number of aryl methyl sites for hydroxylation is 1. The number of hydrogen-bond acceptors (Lipinski definition) is 7. The number of carbonyl (C=O) groups is 1. The van der Waals surface area contributed by atoms with E-state index >= 15 is 0 Å². The maximum Gasteiger partial charge on any atom is 0.349 e. The third-order valence-electron chi connectivity index (χ3n) is 6.33. The van der Waals surface area contributed by atoms with Gasteiger partial charge in [0.25, 0.3) is 0 Å². The molecule has 1 atom stereocenters. The highest BCUT2D eigenvalue weighted by Gasteiger charge is 2.44. The molecular weight excluding hydrogens is 454 g/mol. The first-order valence-electron chi connectivity index (χ1n) is 11.2. The number of cyclic esters (lactones) is 1. The number of phenolic OH excluding ortho intramolecular Hbond substituents is 1. The Kier molecular flexibility index (Phi) is 6.73. The molecule has 1 aliphatic rings. The smallest absolute Gasteiger partial charge is 0.349 e. The lowest BCUT2D eigenvalue weighted by molar-refractivity contribution is -0.164. The van der Waals surface area contributed by atoms with Crippen molar-refractivity contribution in [1.82, 2.24) is 4.98 Å². The predicted octanol–water partition coefficient (Wildman–Crippen LogP) is 6.96. The summed E-state index contributed by atoms with van der Waals surface area (Å²) in [6.45, 7) is 8.25. The van der Waals surface area contributed by atoms with Crippen molar-refractivity contribution in [3.05, 3.63) is 63.7 Å². The van der Waals surface area contributed by atoms with Gasteiger partial charge in [0, 0.05) is 11.3 Å². The monoisotopic (exact) mass is 483 g/mol. The average molecular weight is 484 g/mol. The Balaban J connectivity index is 1.61. The van der Waals surface area contributed by atoms with Crippen LogP contribution in [0.1, 0.15) is 57.6 Å². The topological polar surface area (TPSA) is 79.7 Å². The normalized spacial score (nSPS) is 19.0. The molecule has 1 aliphatic heterocycles. The lowest BCUT2D eigenvalue weighted by Gasteiger charge is -2.40. The number of rotatable bonds is 7. The largest absolute Gasteiger partial charge is 0.511 e. The quantitative estimate of drug-likeness (QED) is 0.354. The van der Waals surface area contributed by atoms with E-state index in [0.29, 0.717) is 12.8 Å². The first-order chi connectivity index (χ1) is 15.7. The van der Waals surface area contributed by atoms with Crippen molar-refractivity contribution in [3.8, 4) is 5.75 Å². The molecule has 7 heteroatoms. The van der Waals surface area contributed by atoms with E-state index in [1.165, 1.54) is 11.8 Å². The van der Waals surface area contributed by atoms with Crippen LogP contribution in [-0.2, 0) is 16.0 Å². The van der Waals surface area contributed by atoms with Gasteiger partial charge in [0.05, 0.1) is 15.7 Å². The minimum atomic E-state index is -0.772. The summed E-state index contributed by atoms with van der Waals surface area (Å²) in [4.78, 5) is 18.8. The molecule has 4 rings (SSSR count). The Labute approximate surface area is 202 Å². The van der Waals surface area contributed by atoms with Crippen molar-refractivity contribution in [3.63, 3.8) is 0 Å². The zero-order valence-corrected chi connectivity index (χ0v) is 20.9. The minimum absolute atomic E-state index is 0.0343. The van der Waals surface area contributed by atoms with E-state index < -0.39 is 11.6 Å². The second-order valence-electron chi connectivity index (χ2n) is 9.19. The number of nitrogens with zero attached hydrogens (tertiary/aromatic N) is 1. The van der Waals surface area contributed by atoms with E-state index in [-0.39, 0.29) is 34.7 Å². The molecule has 0 fully saturated rings. The van der Waals surface area contributed by atoms with Gasteiger partial charge in [-0.1, -0.05) is 51.6 Å². The molecule has 0 radical (unpaired) electrons. The summed E-state index contributed by atoms with van der Waals surface area (Å²) in [5.41, 5.74) is 4.14. The number of carbonyl (C=O) groups excluding carboxylic acids is 1. The van der Waals surface area contributed by atoms with Crippen LogP contribution in [0, 0.1) is 5.92 Å². The number of benzene rings is 2. The Morgan fingerprint density at radius 3 is 2.52 bits per heavy atom. The van der Waals surface area contributed by atoms with Gasteiger partial charge < -0.3 is 14.9 Å². The average Bonchev–Trinajstić information content (AvgIpc) is 3.22. The van der Waals surface area contributed by atoms with E-state index in [9.17, 15) is 15.0 Å². The number of aliphatic hydroxyl groups excluding tert-OH is 1. The molecule has 0 saturated carbocycles. The predicted molar refractivity (Wildman–Crippen MR) is 134 cm³/mol. The molecule has 1 unspecified atom stereocenters. The van der Waals surface area contributed by atoms with Gasteiger partial charge in [0.1, 0.15) is 22.0 Å². The lowest BCUT2D eigenvalue weighted by Crippen LogP contribution is -2.44. The van der Waals surface area contributed by atoms with Crippen LogP contribution in [0.15, 0.2) is 57.5 Å². The Bertz CT molecular complexity index is 1200. The number of aromatic nitrogens is 1. The fourth-order valence-electron chi connectivity index (χ4n) is 4.17. The van der Waals surface area contributed by atoms with Crippen LogP contribution in [0.2, 0.25) is 0 Å². The van der Waals surface area contributed by atoms with Crippen LogP contribution >= 0.6 is 23.1 Å². The fraction of sp³-hybridized carbons (Fsp3) is 0.385. The van der Waals surface area contributed by atoms with Gasteiger partial charge in [-0.25, -0.2) is 9.78 Å². The molecule has 2 heterocycles. The zero-order valence-electron chi connectivity index (χ0n) is 19.3. The number of ether oxygens (including phenoxy) is 1. The summed E-state index contributed by atoms with van der Waals surface area (Å²) in [7, 11) is 0. The molecular formula is C26H29NO4S2. The van der Waals surface area contributed by atoms with Gasteiger partial charge in [0.2, 0.25) is 0 Å². The maximum atomic E-state index is 13.2. The van der Waals surface area contributed by atoms with Gasteiger partial charge in [-0.15, -0.1) is 11.3 Å². The van der Waals surface area contributed by atoms with Gasteiger partial charge in [-0.05, 0) is 60.1 Å². The summed E-state index contributed by atoms with van der Waals surface area (Å²) >= 11 is 2.85. The highest BCUT2D eigenvalue weighted by molar-refractivity contribution is 8.04. The van der Waals surface area contributed by atoms with Crippen molar-refractivity contribution in [2.45, 2.75) is 63.4 Å². The standard InChI is InChI=1S/C26H29NO4S2/c1-15(2)19-11-20-23(32-14-27-20)12-22(19)33-24-21(29)13-26(16(3)4,31-25(24)30)10-9-17-5-7-18(28)8-6-17/h5-8,11-12,14-16,28-29H,9-10,13H2,1-4H3. The van der Waals surface area contributed by atoms with E-state index in [4.69, 9.17) is 4.74 Å². The van der Waals surface area contributed by atoms with Crippen molar-refractivity contribution < 1.29 is 19.7 Å². The zero-order chi connectivity index (χ0) is 23.8. The third kappa shape index (κ3) is 4.89. The molecule has 174 valence electrons. The first kappa shape index (κ1) is 23.6. The third-order valence-corrected chi connectivity index (χ3v) is 8.30. The number of aliphatic hydroxyl groups is 1. The summed E-state index contributed by atoms with van der Waals surface area (Å²) in [5.74, 6) is 0.131. The van der Waals surface area contributed by atoms with Crippen LogP contribution in [0.5, 0.6) is 5.75 Å². The molecule has 0 bridgehead atoms. The van der Waals surface area contributed by atoms with E-state index in [1.807, 2.05) is 31.5 Å². The van der Waals surface area contributed by atoms with E-state index in [0.717, 1.165) is 26.2 Å². The van der Waals surface area contributed by atoms with Gasteiger partial charge in [-0.2, -0.15) is 0 Å². The number of thioether (sulfide) groups is 1. The molecule has 1 aromatic heterocycles. The number of fused-ring (bicyclic) bond motifs is 1. The van der Waals surface area contributed by atoms with Crippen molar-refractivity contribution in [1.29, 1.82) is 0 Å². The SMILES string of the molecule is CC(C)c1cc2ncsc2cc1SC1=C(O)CC(CCc2ccc(O)cc2)(C(C)C)OC1=O. The number of aromatic hydroxyl groups is 1. The first-order valence-corrected chi connectivity index (χ1v) is 12.9. The maximum absolute atomic E-state index is 13.2. The van der Waals surface area contributed by atoms with E-state index in [2.05, 4.69) is 31.0 Å². The summed E-state index contributed by atoms with van der Waals surface area (Å²) in [6, 6.07) is 11.2. The van der Waals surface area contributed by atoms with Crippen molar-refractivity contribution >= 4 is 39.3 Å². The number of thiazole rings is 1. The van der Waals surface area contributed by atoms with E-state index in [1.54, 1.807) is 23.5 Å². The van der Waals surface area contributed by atoms with Crippen LogP contribution in [0.3, 0.4) is 0 Å². The molecule has 5 nitrogen and oxygen atoms in total. The number of hydrogen-bond donors (Lipinski definition) is 2. The molecule has 0 amide bonds. The van der Waals surface area contributed by atoms with Gasteiger partial charge >= 0.3 is 5.97 Å². The second kappa shape index (κ2) is 9.39. The Morgan fingerprint density at radius 1 is 1.15 bits per heavy atom. The molecule has 0 aliphatic carbocycles. The molecule has 2 aromatic carbocycles. The number of phenols is 1. The second-order valence-corrected chi connectivity index (χ2v) is 11.1. The molecule has 33 heavy (non-hydrogen) atoms. The minimum Gasteiger partial charge on any atom is -0.511 e. The summed E-state index contributed by atoms with van der Waals surface area (Å²) in [6.07, 6.45) is 1.56. The highest BCUT2D eigenvalue weighted by Crippen LogP contribution is 2.45. The van der Waals surface area contributed by atoms with Crippen LogP contribution < -0.4 is 0 Å². The Morgan fingerprint density at radius 2 is 1.88 bits per heavy atom. The van der Waals surface area contributed by atoms with Gasteiger partial charge in [0.15, 0.2) is 0 Å². The van der Waals surface area contributed by atoms with Crippen molar-refractivity contribution in [2.24, 2.45) is 5.92 Å². The molecule has 0 saturated heterocycles. The summed E-state index contributed by atoms with van der Waals surface area (Å²) in [5, 5.41) is 20.6. The molecule has 0 spiro atoms. The highest BCUT2D eigenvalue weighted by atomic mass is 32.2. The summed E-state index contributed by atoms with van der Waals surface area (Å²) < 4.78 is 7.12. The van der Waals surface area contributed by atoms with Crippen LogP contribution in [0.25, 0.3) is 10.2 Å².